The van der Waals surface area contributed by atoms with E-state index in [0.717, 1.165) is 27.8 Å². The van der Waals surface area contributed by atoms with Crippen molar-refractivity contribution in [1.82, 2.24) is 5.73 Å². The van der Waals surface area contributed by atoms with E-state index in [1.54, 1.807) is 0 Å². The topological polar surface area (TPSA) is 40.9 Å². The lowest BCUT2D eigenvalue weighted by Gasteiger charge is -2.33. The van der Waals surface area contributed by atoms with Crippen LogP contribution in [-0.2, 0) is 6.42 Å². The van der Waals surface area contributed by atoms with Gasteiger partial charge >= 0.3 is 0 Å². The predicted octanol–water partition coefficient (Wildman–Crippen LogP) is 4.41. The highest BCUT2D eigenvalue weighted by Crippen LogP contribution is 2.41. The monoisotopic (exact) mass is 408 g/mol. The molecule has 2 nitrogen and oxygen atoms in total. The zero-order valence-corrected chi connectivity index (χ0v) is 19.7. The molecule has 2 bridgehead atoms. The number of nitrogens with one attached hydrogen (secondary N) is 1. The van der Waals surface area contributed by atoms with Crippen molar-refractivity contribution < 1.29 is 9.18 Å². The minimum Gasteiger partial charge on any atom is -0.267 e. The Morgan fingerprint density at radius 1 is 1.00 bits per heavy atom. The van der Waals surface area contributed by atoms with Crippen LogP contribution in [-0.4, -0.2) is 21.1 Å². The average molecular weight is 409 g/mol. The van der Waals surface area contributed by atoms with Crippen LogP contribution < -0.4 is 16.1 Å². The van der Waals surface area contributed by atoms with Crippen molar-refractivity contribution in [3.8, 4) is 11.1 Å². The van der Waals surface area contributed by atoms with Crippen LogP contribution >= 0.6 is 0 Å². The molecule has 0 spiro atoms. The molecular weight excluding hydrogens is 381 g/mol. The molecule has 0 atom stereocenters. The van der Waals surface area contributed by atoms with Gasteiger partial charge in [-0.3, -0.25) is 10.5 Å². The van der Waals surface area contributed by atoms with Crippen LogP contribution in [0.4, 0.5) is 4.39 Å². The number of carbonyl (C=O) groups excluding carboxylic acids is 1. The fourth-order valence-corrected chi connectivity index (χ4v) is 17.0. The van der Waals surface area contributed by atoms with Crippen LogP contribution in [0.15, 0.2) is 17.7 Å². The van der Waals surface area contributed by atoms with E-state index in [0.29, 0.717) is 17.5 Å². The number of amides is 1. The van der Waals surface area contributed by atoms with Crippen molar-refractivity contribution >= 4 is 37.5 Å². The molecular formula is C23H27FNOSi2. The number of fused-ring (bicyclic) bond motifs is 3. The summed E-state index contributed by atoms with van der Waals surface area (Å²) in [5.74, 6) is -0.790. The summed E-state index contributed by atoms with van der Waals surface area (Å²) in [6, 6.07) is 3.34. The summed E-state index contributed by atoms with van der Waals surface area (Å²) in [6.45, 7) is 15.8. The molecule has 0 fully saturated rings. The van der Waals surface area contributed by atoms with Gasteiger partial charge in [-0.2, -0.15) is 0 Å². The first-order valence-corrected chi connectivity index (χ1v) is 16.8. The third-order valence-corrected chi connectivity index (χ3v) is 25.3. The van der Waals surface area contributed by atoms with Crippen molar-refractivity contribution in [3.63, 3.8) is 0 Å². The van der Waals surface area contributed by atoms with Crippen molar-refractivity contribution in [3.05, 3.63) is 51.3 Å². The second kappa shape index (κ2) is 5.77. The van der Waals surface area contributed by atoms with E-state index in [4.69, 9.17) is 5.73 Å². The largest absolute Gasteiger partial charge is 0.270 e. The van der Waals surface area contributed by atoms with Gasteiger partial charge in [-0.25, -0.2) is 4.39 Å². The minimum absolute atomic E-state index is 0.185. The van der Waals surface area contributed by atoms with E-state index >= 15 is 0 Å². The van der Waals surface area contributed by atoms with E-state index in [1.165, 1.54) is 22.0 Å². The zero-order valence-electron chi connectivity index (χ0n) is 17.7. The fraction of sp³-hybridized carbons (Fsp3) is 0.348. The van der Waals surface area contributed by atoms with Crippen LogP contribution in [0.2, 0.25) is 26.2 Å². The smallest absolute Gasteiger partial charge is 0.267 e. The lowest BCUT2D eigenvalue weighted by atomic mass is 9.88. The van der Waals surface area contributed by atoms with Gasteiger partial charge in [0.1, 0.15) is 5.82 Å². The van der Waals surface area contributed by atoms with E-state index < -0.39 is 21.1 Å². The number of halogens is 1. The number of allylic oxidation sites excluding steroid dienone is 1. The maximum absolute atomic E-state index is 14.5. The molecule has 1 aliphatic carbocycles. The molecule has 5 heteroatoms. The van der Waals surface area contributed by atoms with E-state index in [-0.39, 0.29) is 5.82 Å². The third kappa shape index (κ3) is 2.20. The van der Waals surface area contributed by atoms with Crippen LogP contribution in [0.3, 0.4) is 0 Å². The minimum atomic E-state index is -1.88. The molecule has 2 aromatic rings. The van der Waals surface area contributed by atoms with Gasteiger partial charge in [0, 0.05) is 5.56 Å². The van der Waals surface area contributed by atoms with Gasteiger partial charge in [0.2, 0.25) is 0 Å². The third-order valence-electron chi connectivity index (χ3n) is 7.46. The molecule has 145 valence electrons. The predicted molar refractivity (Wildman–Crippen MR) is 120 cm³/mol. The summed E-state index contributed by atoms with van der Waals surface area (Å²) < 4.78 is 14.5. The maximum Gasteiger partial charge on any atom is 0.270 e. The van der Waals surface area contributed by atoms with Gasteiger partial charge in [-0.1, -0.05) is 54.7 Å². The Hall–Kier alpha value is -1.99. The number of rotatable bonds is 2. The highest BCUT2D eigenvalue weighted by atomic mass is 29.3. The van der Waals surface area contributed by atoms with Crippen molar-refractivity contribution in [2.45, 2.75) is 53.4 Å². The van der Waals surface area contributed by atoms with Crippen LogP contribution in [0, 0.1) is 19.7 Å². The highest BCUT2D eigenvalue weighted by molar-refractivity contribution is 7.52. The van der Waals surface area contributed by atoms with Crippen molar-refractivity contribution in [2.24, 2.45) is 0 Å². The SMILES string of the molecule is CC1=Cc2c(-c3c(C)c4c(C)c(c3C([NH])=O)[Si](C)(C)[Si]4(C)C)ccc(F)c2C1. The summed E-state index contributed by atoms with van der Waals surface area (Å²) in [5.41, 5.74) is 15.7. The van der Waals surface area contributed by atoms with Crippen molar-refractivity contribution in [1.29, 1.82) is 0 Å². The molecule has 2 aliphatic rings. The molecule has 1 heterocycles. The first-order chi connectivity index (χ1) is 12.9. The quantitative estimate of drug-likeness (QED) is 0.678. The van der Waals surface area contributed by atoms with E-state index in [1.807, 2.05) is 19.1 Å². The summed E-state index contributed by atoms with van der Waals surface area (Å²) in [6.07, 6.45) is 2.66. The molecule has 1 amide bonds. The number of benzene rings is 2. The summed E-state index contributed by atoms with van der Waals surface area (Å²) >= 11 is 0. The molecule has 0 unspecified atom stereocenters. The van der Waals surface area contributed by atoms with Gasteiger partial charge in [0.15, 0.2) is 0 Å². The number of carbonyl (C=O) groups is 1. The highest BCUT2D eigenvalue weighted by Gasteiger charge is 2.54. The lowest BCUT2D eigenvalue weighted by Crippen LogP contribution is -2.64. The zero-order chi connectivity index (χ0) is 20.8. The molecule has 0 aromatic heterocycles. The molecule has 1 radical (unpaired) electrons. The standard InChI is InChI=1S/C23H27FNOSi2/c1-12-10-16-15(8-9-18(24)17(16)11-12)19-13(2)21-14(3)22(20(19)23(25)26)28(6,7)27(21,4)5/h8-10,25H,11H2,1-7H3. The number of hydrogen-bond donors (Lipinski definition) is 0. The molecule has 0 saturated carbocycles. The van der Waals surface area contributed by atoms with Crippen molar-refractivity contribution in [2.75, 3.05) is 0 Å². The Morgan fingerprint density at radius 2 is 1.61 bits per heavy atom. The molecule has 28 heavy (non-hydrogen) atoms. The molecule has 4 rings (SSSR count). The lowest BCUT2D eigenvalue weighted by molar-refractivity contribution is 0.0993. The van der Waals surface area contributed by atoms with Gasteiger partial charge in [0.05, 0.1) is 15.2 Å². The van der Waals surface area contributed by atoms with Gasteiger partial charge in [-0.05, 0) is 66.3 Å². The summed E-state index contributed by atoms with van der Waals surface area (Å²) in [7, 11) is -3.64. The summed E-state index contributed by atoms with van der Waals surface area (Å²) in [4.78, 5) is 12.7. The fourth-order valence-electron chi connectivity index (χ4n) is 5.72. The average Bonchev–Trinajstić information content (AvgIpc) is 3.00. The molecule has 0 saturated heterocycles. The second-order valence-corrected chi connectivity index (χ2v) is 24.5. The Kier molecular flexibility index (Phi) is 3.98. The van der Waals surface area contributed by atoms with Gasteiger partial charge in [-0.15, -0.1) is 0 Å². The molecule has 1 aliphatic heterocycles. The Morgan fingerprint density at radius 3 is 2.21 bits per heavy atom. The van der Waals surface area contributed by atoms with Gasteiger partial charge in [0.25, 0.3) is 5.91 Å². The first-order valence-electron chi connectivity index (χ1n) is 9.84. The Balaban J connectivity index is 2.19. The van der Waals surface area contributed by atoms with E-state index in [2.05, 4.69) is 40.0 Å². The Bertz CT molecular complexity index is 1110. The van der Waals surface area contributed by atoms with E-state index in [9.17, 15) is 9.18 Å². The van der Waals surface area contributed by atoms with Gasteiger partial charge < -0.3 is 0 Å². The second-order valence-electron chi connectivity index (χ2n) is 9.48. The summed E-state index contributed by atoms with van der Waals surface area (Å²) in [5, 5.41) is 2.63. The number of hydrogen-bond acceptors (Lipinski definition) is 1. The van der Waals surface area contributed by atoms with Crippen LogP contribution in [0.25, 0.3) is 17.2 Å². The Labute approximate surface area is 168 Å². The van der Waals surface area contributed by atoms with Crippen LogP contribution in [0.1, 0.15) is 39.5 Å². The maximum atomic E-state index is 14.5. The molecule has 1 N–H and O–H groups in total. The molecule has 2 aromatic carbocycles. The first kappa shape index (κ1) is 19.3. The normalized spacial score (nSPS) is 18.2. The van der Waals surface area contributed by atoms with Crippen LogP contribution in [0.5, 0.6) is 0 Å².